The van der Waals surface area contributed by atoms with E-state index < -0.39 is 0 Å². The molecule has 0 fully saturated rings. The van der Waals surface area contributed by atoms with Crippen LogP contribution in [0.5, 0.6) is 17.2 Å². The zero-order chi connectivity index (χ0) is 19.4. The Morgan fingerprint density at radius 1 is 0.926 bits per heavy atom. The Hall–Kier alpha value is -2.83. The molecule has 7 heteroatoms. The van der Waals surface area contributed by atoms with Crippen LogP contribution < -0.4 is 19.5 Å². The van der Waals surface area contributed by atoms with E-state index in [0.29, 0.717) is 36.6 Å². The largest absolute Gasteiger partial charge is 0.486 e. The Labute approximate surface area is 159 Å². The summed E-state index contributed by atoms with van der Waals surface area (Å²) in [6.07, 6.45) is 1.74. The van der Waals surface area contributed by atoms with Gasteiger partial charge in [-0.3, -0.25) is 9.78 Å². The quantitative estimate of drug-likeness (QED) is 0.870. The van der Waals surface area contributed by atoms with Gasteiger partial charge in [-0.05, 0) is 24.0 Å². The number of hydrogen-bond acceptors (Lipinski definition) is 6. The highest BCUT2D eigenvalue weighted by molar-refractivity contribution is 5.94. The third-order valence-electron chi connectivity index (χ3n) is 4.13. The Bertz CT molecular complexity index is 821. The molecule has 0 saturated heterocycles. The molecule has 1 N–H and O–H groups in total. The van der Waals surface area contributed by atoms with E-state index in [9.17, 15) is 4.79 Å². The van der Waals surface area contributed by atoms with Gasteiger partial charge in [-0.25, -0.2) is 4.98 Å². The van der Waals surface area contributed by atoms with Gasteiger partial charge in [0, 0.05) is 17.5 Å². The second-order valence-electron chi connectivity index (χ2n) is 6.98. The maximum Gasteiger partial charge on any atom is 0.263 e. The molecule has 0 aromatic carbocycles. The van der Waals surface area contributed by atoms with E-state index in [-0.39, 0.29) is 12.5 Å². The van der Waals surface area contributed by atoms with Gasteiger partial charge in [0.15, 0.2) is 29.7 Å². The van der Waals surface area contributed by atoms with Crippen molar-refractivity contribution in [3.8, 4) is 17.2 Å². The second kappa shape index (κ2) is 8.24. The van der Waals surface area contributed by atoms with Crippen molar-refractivity contribution in [2.75, 3.05) is 25.1 Å². The maximum absolute atomic E-state index is 11.0. The molecule has 2 aromatic rings. The third-order valence-corrected chi connectivity index (χ3v) is 4.13. The SMILES string of the molecule is CC(C)c1cc2c(cn1)OCCO2.CC(C)c1ccc2c(n1)NC(=O)CO2. The van der Waals surface area contributed by atoms with E-state index in [2.05, 4.69) is 43.0 Å². The van der Waals surface area contributed by atoms with Gasteiger partial charge in [0.1, 0.15) is 13.2 Å². The zero-order valence-electron chi connectivity index (χ0n) is 16.1. The number of amides is 1. The monoisotopic (exact) mass is 371 g/mol. The van der Waals surface area contributed by atoms with Crippen molar-refractivity contribution in [3.05, 3.63) is 35.8 Å². The number of carbonyl (C=O) groups is 1. The number of nitrogens with one attached hydrogen (secondary N) is 1. The number of ether oxygens (including phenoxy) is 3. The van der Waals surface area contributed by atoms with Crippen LogP contribution in [0.3, 0.4) is 0 Å². The van der Waals surface area contributed by atoms with E-state index in [1.807, 2.05) is 18.2 Å². The molecule has 0 bridgehead atoms. The van der Waals surface area contributed by atoms with Crippen LogP contribution in [0.2, 0.25) is 0 Å². The topological polar surface area (TPSA) is 82.6 Å². The molecular formula is C20H25N3O4. The fourth-order valence-electron chi connectivity index (χ4n) is 2.58. The minimum absolute atomic E-state index is 0.0791. The van der Waals surface area contributed by atoms with Gasteiger partial charge < -0.3 is 19.5 Å². The van der Waals surface area contributed by atoms with E-state index in [0.717, 1.165) is 22.9 Å². The Balaban J connectivity index is 0.000000156. The van der Waals surface area contributed by atoms with Gasteiger partial charge in [-0.15, -0.1) is 0 Å². The molecule has 0 radical (unpaired) electrons. The minimum Gasteiger partial charge on any atom is -0.486 e. The predicted molar refractivity (Wildman–Crippen MR) is 102 cm³/mol. The van der Waals surface area contributed by atoms with Gasteiger partial charge in [0.2, 0.25) is 0 Å². The van der Waals surface area contributed by atoms with Crippen LogP contribution in [-0.2, 0) is 4.79 Å². The van der Waals surface area contributed by atoms with Crippen molar-refractivity contribution in [3.63, 3.8) is 0 Å². The highest BCUT2D eigenvalue weighted by atomic mass is 16.6. The van der Waals surface area contributed by atoms with Crippen LogP contribution in [0.4, 0.5) is 5.82 Å². The summed E-state index contributed by atoms with van der Waals surface area (Å²) in [6, 6.07) is 5.72. The Kier molecular flexibility index (Phi) is 5.78. The zero-order valence-corrected chi connectivity index (χ0v) is 16.1. The first-order valence-corrected chi connectivity index (χ1v) is 9.13. The molecule has 1 amide bonds. The van der Waals surface area contributed by atoms with Crippen molar-refractivity contribution < 1.29 is 19.0 Å². The molecule has 0 spiro atoms. The van der Waals surface area contributed by atoms with Gasteiger partial charge in [-0.2, -0.15) is 0 Å². The lowest BCUT2D eigenvalue weighted by Crippen LogP contribution is -2.26. The lowest BCUT2D eigenvalue weighted by atomic mass is 10.1. The van der Waals surface area contributed by atoms with Crippen LogP contribution in [0.15, 0.2) is 24.4 Å². The number of rotatable bonds is 2. The van der Waals surface area contributed by atoms with Crippen molar-refractivity contribution in [2.24, 2.45) is 0 Å². The summed E-state index contributed by atoms with van der Waals surface area (Å²) in [7, 11) is 0. The number of hydrogen-bond donors (Lipinski definition) is 1. The summed E-state index contributed by atoms with van der Waals surface area (Å²) in [5, 5.41) is 2.68. The van der Waals surface area contributed by atoms with Crippen LogP contribution in [-0.4, -0.2) is 35.7 Å². The minimum atomic E-state index is -0.147. The lowest BCUT2D eigenvalue weighted by molar-refractivity contribution is -0.118. The molecule has 0 saturated carbocycles. The van der Waals surface area contributed by atoms with E-state index in [1.165, 1.54) is 0 Å². The molecule has 4 heterocycles. The van der Waals surface area contributed by atoms with Gasteiger partial charge in [-0.1, -0.05) is 27.7 Å². The normalized spacial score (nSPS) is 14.7. The van der Waals surface area contributed by atoms with E-state index in [4.69, 9.17) is 14.2 Å². The third kappa shape index (κ3) is 4.67. The number of pyridine rings is 2. The van der Waals surface area contributed by atoms with Gasteiger partial charge >= 0.3 is 0 Å². The fourth-order valence-corrected chi connectivity index (χ4v) is 2.58. The van der Waals surface area contributed by atoms with E-state index in [1.54, 1.807) is 6.20 Å². The Morgan fingerprint density at radius 3 is 2.33 bits per heavy atom. The maximum atomic E-state index is 11.0. The standard InChI is InChI=1S/C10H12N2O2.C10H13NO2/c1-6(2)7-3-4-8-10(11-7)12-9(13)5-14-8;1-7(2)8-5-9-10(6-11-8)13-4-3-12-9/h3-4,6H,5H2,1-2H3,(H,11,12,13);5-7H,3-4H2,1-2H3. The molecule has 7 nitrogen and oxygen atoms in total. The Morgan fingerprint density at radius 2 is 1.63 bits per heavy atom. The van der Waals surface area contributed by atoms with Crippen LogP contribution in [0.1, 0.15) is 50.9 Å². The lowest BCUT2D eigenvalue weighted by Gasteiger charge is -2.18. The molecule has 144 valence electrons. The summed E-state index contributed by atoms with van der Waals surface area (Å²) in [4.78, 5) is 19.6. The van der Waals surface area contributed by atoms with Gasteiger partial charge in [0.05, 0.1) is 6.20 Å². The van der Waals surface area contributed by atoms with Crippen molar-refractivity contribution >= 4 is 11.7 Å². The first kappa shape index (κ1) is 18.9. The number of aromatic nitrogens is 2. The molecule has 2 aliphatic rings. The summed E-state index contributed by atoms with van der Waals surface area (Å²) < 4.78 is 16.0. The van der Waals surface area contributed by atoms with Crippen molar-refractivity contribution in [1.29, 1.82) is 0 Å². The van der Waals surface area contributed by atoms with Crippen LogP contribution >= 0.6 is 0 Å². The first-order chi connectivity index (χ1) is 12.9. The highest BCUT2D eigenvalue weighted by Crippen LogP contribution is 2.31. The average molecular weight is 371 g/mol. The predicted octanol–water partition coefficient (Wildman–Crippen LogP) is 3.51. The number of fused-ring (bicyclic) bond motifs is 2. The summed E-state index contributed by atoms with van der Waals surface area (Å²) in [5.74, 6) is 3.39. The molecule has 2 aromatic heterocycles. The second-order valence-corrected chi connectivity index (χ2v) is 6.98. The summed E-state index contributed by atoms with van der Waals surface area (Å²) in [5.41, 5.74) is 2.00. The smallest absolute Gasteiger partial charge is 0.263 e. The van der Waals surface area contributed by atoms with Crippen LogP contribution in [0.25, 0.3) is 0 Å². The average Bonchev–Trinajstić information content (AvgIpc) is 2.67. The highest BCUT2D eigenvalue weighted by Gasteiger charge is 2.18. The molecule has 0 unspecified atom stereocenters. The molecule has 2 aliphatic heterocycles. The van der Waals surface area contributed by atoms with Crippen LogP contribution in [0, 0.1) is 0 Å². The molecule has 4 rings (SSSR count). The number of nitrogens with zero attached hydrogens (tertiary/aromatic N) is 2. The fraction of sp³-hybridized carbons (Fsp3) is 0.450. The molecular weight excluding hydrogens is 346 g/mol. The number of anilines is 1. The first-order valence-electron chi connectivity index (χ1n) is 9.13. The summed E-state index contributed by atoms with van der Waals surface area (Å²) >= 11 is 0. The van der Waals surface area contributed by atoms with Crippen molar-refractivity contribution in [2.45, 2.75) is 39.5 Å². The van der Waals surface area contributed by atoms with E-state index >= 15 is 0 Å². The molecule has 0 aliphatic carbocycles. The number of carbonyl (C=O) groups excluding carboxylic acids is 1. The van der Waals surface area contributed by atoms with Crippen molar-refractivity contribution in [1.82, 2.24) is 9.97 Å². The van der Waals surface area contributed by atoms with Gasteiger partial charge in [0.25, 0.3) is 5.91 Å². The summed E-state index contributed by atoms with van der Waals surface area (Å²) in [6.45, 7) is 9.66. The molecule has 27 heavy (non-hydrogen) atoms. The molecule has 0 atom stereocenters.